The van der Waals surface area contributed by atoms with Crippen molar-refractivity contribution < 1.29 is 14.4 Å². The van der Waals surface area contributed by atoms with E-state index < -0.39 is 5.91 Å². The zero-order valence-electron chi connectivity index (χ0n) is 20.7. The second-order valence-electron chi connectivity index (χ2n) is 9.22. The molecule has 2 aliphatic heterocycles. The van der Waals surface area contributed by atoms with Crippen molar-refractivity contribution >= 4 is 40.9 Å². The maximum Gasteiger partial charge on any atom is 0.277 e. The zero-order valence-corrected chi connectivity index (χ0v) is 21.5. The number of benzene rings is 2. The van der Waals surface area contributed by atoms with Crippen LogP contribution in [0.2, 0.25) is 0 Å². The molecular formula is C27H29N5O3S. The molecule has 3 amide bonds. The van der Waals surface area contributed by atoms with E-state index in [1.807, 2.05) is 44.2 Å². The number of aryl methyl sites for hydroxylation is 2. The van der Waals surface area contributed by atoms with E-state index in [1.165, 1.54) is 0 Å². The van der Waals surface area contributed by atoms with Gasteiger partial charge in [-0.2, -0.15) is 5.10 Å². The van der Waals surface area contributed by atoms with Gasteiger partial charge in [-0.05, 0) is 80.0 Å². The quantitative estimate of drug-likeness (QED) is 0.512. The van der Waals surface area contributed by atoms with E-state index in [-0.39, 0.29) is 17.5 Å². The number of primary amides is 1. The van der Waals surface area contributed by atoms with Crippen LogP contribution in [-0.2, 0) is 11.2 Å². The summed E-state index contributed by atoms with van der Waals surface area (Å²) in [6, 6.07) is 11.8. The van der Waals surface area contributed by atoms with E-state index in [1.54, 1.807) is 26.2 Å². The molecule has 1 fully saturated rings. The second-order valence-corrected chi connectivity index (χ2v) is 10.6. The van der Waals surface area contributed by atoms with Crippen molar-refractivity contribution in [1.82, 2.24) is 9.78 Å². The number of thioether (sulfide) groups is 1. The Morgan fingerprint density at radius 2 is 1.83 bits per heavy atom. The minimum Gasteiger partial charge on any atom is -0.364 e. The van der Waals surface area contributed by atoms with Crippen LogP contribution in [0.4, 0.5) is 11.4 Å². The van der Waals surface area contributed by atoms with Crippen LogP contribution in [0.1, 0.15) is 57.4 Å². The van der Waals surface area contributed by atoms with E-state index in [9.17, 15) is 14.4 Å². The Bertz CT molecular complexity index is 1400. The topological polar surface area (TPSA) is 102 Å². The Hall–Kier alpha value is -3.59. The van der Waals surface area contributed by atoms with Gasteiger partial charge in [0.1, 0.15) is 5.69 Å². The first-order chi connectivity index (χ1) is 17.3. The number of carbonyl (C=O) groups excluding carboxylic acids is 3. The lowest BCUT2D eigenvalue weighted by Gasteiger charge is -2.29. The summed E-state index contributed by atoms with van der Waals surface area (Å²) in [4.78, 5) is 43.0. The summed E-state index contributed by atoms with van der Waals surface area (Å²) in [7, 11) is 0. The highest BCUT2D eigenvalue weighted by atomic mass is 32.2. The molecule has 0 unspecified atom stereocenters. The Morgan fingerprint density at radius 3 is 2.50 bits per heavy atom. The van der Waals surface area contributed by atoms with Crippen molar-refractivity contribution in [3.05, 3.63) is 64.5 Å². The Morgan fingerprint density at radius 1 is 1.03 bits per heavy atom. The first kappa shape index (κ1) is 24.1. The van der Waals surface area contributed by atoms with Crippen molar-refractivity contribution in [1.29, 1.82) is 0 Å². The van der Waals surface area contributed by atoms with Crippen LogP contribution in [0.15, 0.2) is 41.3 Å². The van der Waals surface area contributed by atoms with Gasteiger partial charge in [0, 0.05) is 41.3 Å². The highest BCUT2D eigenvalue weighted by molar-refractivity contribution is 7.99. The monoisotopic (exact) mass is 503 g/mol. The van der Waals surface area contributed by atoms with Gasteiger partial charge in [-0.25, -0.2) is 4.68 Å². The highest BCUT2D eigenvalue weighted by Gasteiger charge is 2.35. The zero-order chi connectivity index (χ0) is 25.6. The Labute approximate surface area is 214 Å². The van der Waals surface area contributed by atoms with Crippen molar-refractivity contribution in [3.63, 3.8) is 0 Å². The van der Waals surface area contributed by atoms with Gasteiger partial charge in [0.2, 0.25) is 5.91 Å². The molecule has 3 aromatic rings. The van der Waals surface area contributed by atoms with Gasteiger partial charge >= 0.3 is 0 Å². The maximum atomic E-state index is 13.9. The summed E-state index contributed by atoms with van der Waals surface area (Å²) in [6.45, 7) is 7.16. The molecule has 3 heterocycles. The summed E-state index contributed by atoms with van der Waals surface area (Å²) >= 11 is 1.70. The lowest BCUT2D eigenvalue weighted by atomic mass is 10.0. The number of aromatic nitrogens is 2. The van der Waals surface area contributed by atoms with Crippen LogP contribution in [0.25, 0.3) is 5.69 Å². The van der Waals surface area contributed by atoms with E-state index in [2.05, 4.69) is 18.1 Å². The van der Waals surface area contributed by atoms with Crippen molar-refractivity contribution in [2.45, 2.75) is 44.9 Å². The van der Waals surface area contributed by atoms with E-state index in [0.717, 1.165) is 45.3 Å². The van der Waals surface area contributed by atoms with Crippen LogP contribution in [-0.4, -0.2) is 46.3 Å². The molecule has 5 rings (SSSR count). The number of nitrogens with two attached hydrogens (primary N) is 1. The molecule has 0 spiro atoms. The molecule has 2 aromatic carbocycles. The van der Waals surface area contributed by atoms with Crippen LogP contribution in [0.5, 0.6) is 0 Å². The molecule has 0 radical (unpaired) electrons. The van der Waals surface area contributed by atoms with Gasteiger partial charge in [-0.15, -0.1) is 11.8 Å². The molecule has 1 saturated heterocycles. The molecule has 0 aliphatic carbocycles. The van der Waals surface area contributed by atoms with Crippen molar-refractivity contribution in [2.24, 2.45) is 5.73 Å². The largest absolute Gasteiger partial charge is 0.364 e. The molecule has 0 saturated carbocycles. The number of amides is 3. The van der Waals surface area contributed by atoms with Crippen LogP contribution < -0.4 is 15.5 Å². The average molecular weight is 504 g/mol. The normalized spacial score (nSPS) is 15.5. The fraction of sp³-hybridized carbons (Fsp3) is 0.333. The fourth-order valence-electron chi connectivity index (χ4n) is 5.11. The number of fused-ring (bicyclic) bond motifs is 1. The number of hydrogen-bond donors (Lipinski definition) is 1. The molecule has 2 aliphatic rings. The molecule has 2 N–H and O–H groups in total. The van der Waals surface area contributed by atoms with E-state index in [4.69, 9.17) is 5.73 Å². The number of nitrogens with zero attached hydrogens (tertiary/aromatic N) is 4. The average Bonchev–Trinajstić information content (AvgIpc) is 3.44. The molecule has 0 bridgehead atoms. The van der Waals surface area contributed by atoms with Crippen LogP contribution in [0, 0.1) is 13.8 Å². The predicted molar refractivity (Wildman–Crippen MR) is 141 cm³/mol. The maximum absolute atomic E-state index is 13.9. The molecule has 8 nitrogen and oxygen atoms in total. The Kier molecular flexibility index (Phi) is 6.34. The minimum atomic E-state index is -0.641. The fourth-order valence-corrected chi connectivity index (χ4v) is 5.91. The van der Waals surface area contributed by atoms with Crippen molar-refractivity contribution in [2.75, 3.05) is 28.6 Å². The molecule has 0 atom stereocenters. The van der Waals surface area contributed by atoms with Gasteiger partial charge in [0.15, 0.2) is 5.69 Å². The lowest BCUT2D eigenvalue weighted by molar-refractivity contribution is -0.117. The minimum absolute atomic E-state index is 0.127. The summed E-state index contributed by atoms with van der Waals surface area (Å²) in [6.07, 6.45) is 1.89. The van der Waals surface area contributed by atoms with Gasteiger partial charge in [0.05, 0.1) is 5.69 Å². The number of rotatable bonds is 6. The van der Waals surface area contributed by atoms with Gasteiger partial charge in [0.25, 0.3) is 11.8 Å². The van der Waals surface area contributed by atoms with Crippen LogP contribution in [0.3, 0.4) is 0 Å². The predicted octanol–water partition coefficient (Wildman–Crippen LogP) is 4.03. The standard InChI is InChI=1S/C27H29N5O3S/c1-4-36-20-13-16(2)12-19(15-20)32-25-21(24(29-32)26(28)34)9-11-31(27(25)35)22-8-7-18(14-17(22)3)30-10-5-6-23(30)33/h7-8,12-15H,4-6,9-11H2,1-3H3,(H2,28,34). The number of anilines is 2. The van der Waals surface area contributed by atoms with Crippen LogP contribution >= 0.6 is 11.8 Å². The molecule has 1 aromatic heterocycles. The third-order valence-corrected chi connectivity index (χ3v) is 7.56. The first-order valence-electron chi connectivity index (χ1n) is 12.2. The third-order valence-electron chi connectivity index (χ3n) is 6.70. The SMILES string of the molecule is CCSc1cc(C)cc(-n2nc(C(N)=O)c3c2C(=O)N(c2ccc(N4CCCC4=O)cc2C)CC3)c1. The summed E-state index contributed by atoms with van der Waals surface area (Å²) in [5.74, 6) is 0.174. The number of hydrogen-bond acceptors (Lipinski definition) is 5. The molecule has 186 valence electrons. The van der Waals surface area contributed by atoms with Gasteiger partial charge in [-0.3, -0.25) is 14.4 Å². The smallest absolute Gasteiger partial charge is 0.277 e. The lowest BCUT2D eigenvalue weighted by Crippen LogP contribution is -2.39. The van der Waals surface area contributed by atoms with E-state index >= 15 is 0 Å². The Balaban J connectivity index is 1.57. The summed E-state index contributed by atoms with van der Waals surface area (Å²) in [5.41, 5.74) is 11.1. The molecule has 9 heteroatoms. The summed E-state index contributed by atoms with van der Waals surface area (Å²) in [5, 5.41) is 4.52. The van der Waals surface area contributed by atoms with E-state index in [0.29, 0.717) is 37.2 Å². The first-order valence-corrected chi connectivity index (χ1v) is 13.2. The van der Waals surface area contributed by atoms with Crippen molar-refractivity contribution in [3.8, 4) is 5.69 Å². The highest BCUT2D eigenvalue weighted by Crippen LogP contribution is 2.34. The second kappa shape index (κ2) is 9.46. The third kappa shape index (κ3) is 4.17. The van der Waals surface area contributed by atoms with Gasteiger partial charge in [-0.1, -0.05) is 6.92 Å². The molecule has 36 heavy (non-hydrogen) atoms. The summed E-state index contributed by atoms with van der Waals surface area (Å²) < 4.78 is 1.57. The van der Waals surface area contributed by atoms with Gasteiger partial charge < -0.3 is 15.5 Å². The number of carbonyl (C=O) groups is 3. The molecular weight excluding hydrogens is 474 g/mol.